The van der Waals surface area contributed by atoms with E-state index < -0.39 is 0 Å². The average Bonchev–Trinajstić information content (AvgIpc) is 3.30. The molecule has 0 atom stereocenters. The van der Waals surface area contributed by atoms with Crippen molar-refractivity contribution in [1.29, 1.82) is 0 Å². The largest absolute Gasteiger partial charge is 0.379 e. The number of hydrogen-bond acceptors (Lipinski definition) is 4. The third-order valence-corrected chi connectivity index (χ3v) is 6.44. The zero-order valence-corrected chi connectivity index (χ0v) is 20.8. The number of anilines is 2. The summed E-state index contributed by atoms with van der Waals surface area (Å²) in [6.07, 6.45) is 0. The highest BCUT2D eigenvalue weighted by Crippen LogP contribution is 2.36. The van der Waals surface area contributed by atoms with E-state index in [0.717, 1.165) is 54.9 Å². The number of aromatic amines is 1. The number of para-hydroxylation sites is 1. The van der Waals surface area contributed by atoms with Crippen LogP contribution in [-0.2, 0) is 4.74 Å². The number of hydrogen-bond donors (Lipinski definition) is 4. The first-order valence-electron chi connectivity index (χ1n) is 12.5. The number of ether oxygens (including phenoxy) is 1. The van der Waals surface area contributed by atoms with Crippen molar-refractivity contribution < 1.29 is 14.3 Å². The van der Waals surface area contributed by atoms with Crippen LogP contribution in [0.1, 0.15) is 16.1 Å². The Morgan fingerprint density at radius 1 is 0.946 bits per heavy atom. The molecule has 5 rings (SSSR count). The Labute approximate surface area is 216 Å². The molecule has 8 nitrogen and oxygen atoms in total. The summed E-state index contributed by atoms with van der Waals surface area (Å²) >= 11 is 0. The maximum Gasteiger partial charge on any atom is 0.323 e. The molecule has 0 bridgehead atoms. The molecular formula is C29H31N5O3. The van der Waals surface area contributed by atoms with Crippen LogP contribution in [0.2, 0.25) is 0 Å². The summed E-state index contributed by atoms with van der Waals surface area (Å²) in [6.45, 7) is 6.47. The second-order valence-electron chi connectivity index (χ2n) is 9.13. The van der Waals surface area contributed by atoms with Crippen LogP contribution < -0.4 is 16.0 Å². The number of carbonyl (C=O) groups is 2. The Bertz CT molecular complexity index is 1380. The molecule has 4 N–H and O–H groups in total. The van der Waals surface area contributed by atoms with Gasteiger partial charge >= 0.3 is 6.03 Å². The highest BCUT2D eigenvalue weighted by molar-refractivity contribution is 6.14. The Balaban J connectivity index is 1.45. The van der Waals surface area contributed by atoms with Crippen molar-refractivity contribution in [2.45, 2.75) is 6.92 Å². The van der Waals surface area contributed by atoms with Gasteiger partial charge < -0.3 is 25.7 Å². The Kier molecular flexibility index (Phi) is 7.49. The zero-order chi connectivity index (χ0) is 25.6. The van der Waals surface area contributed by atoms with Crippen LogP contribution in [0.4, 0.5) is 16.2 Å². The summed E-state index contributed by atoms with van der Waals surface area (Å²) < 4.78 is 5.41. The van der Waals surface area contributed by atoms with Crippen molar-refractivity contribution in [1.82, 2.24) is 15.2 Å². The molecule has 0 radical (unpaired) electrons. The molecule has 1 aliphatic rings. The maximum atomic E-state index is 13.4. The lowest BCUT2D eigenvalue weighted by molar-refractivity contribution is 0.0383. The van der Waals surface area contributed by atoms with Gasteiger partial charge in [-0.15, -0.1) is 0 Å². The highest BCUT2D eigenvalue weighted by atomic mass is 16.5. The quantitative estimate of drug-likeness (QED) is 0.293. The normalized spacial score (nSPS) is 13.9. The van der Waals surface area contributed by atoms with E-state index in [9.17, 15) is 9.59 Å². The van der Waals surface area contributed by atoms with Gasteiger partial charge in [-0.2, -0.15) is 0 Å². The highest BCUT2D eigenvalue weighted by Gasteiger charge is 2.22. The van der Waals surface area contributed by atoms with Crippen molar-refractivity contribution in [3.05, 3.63) is 84.1 Å². The van der Waals surface area contributed by atoms with Gasteiger partial charge in [0, 0.05) is 42.8 Å². The fourth-order valence-corrected chi connectivity index (χ4v) is 4.66. The number of nitrogens with zero attached hydrogens (tertiary/aromatic N) is 1. The molecule has 1 saturated heterocycles. The van der Waals surface area contributed by atoms with Crippen LogP contribution in [0.5, 0.6) is 0 Å². The van der Waals surface area contributed by atoms with Gasteiger partial charge in [-0.1, -0.05) is 48.5 Å². The van der Waals surface area contributed by atoms with Crippen molar-refractivity contribution in [2.75, 3.05) is 50.0 Å². The van der Waals surface area contributed by atoms with Crippen molar-refractivity contribution in [3.63, 3.8) is 0 Å². The molecule has 37 heavy (non-hydrogen) atoms. The molecule has 1 fully saturated rings. The van der Waals surface area contributed by atoms with E-state index in [0.29, 0.717) is 29.1 Å². The number of urea groups is 1. The van der Waals surface area contributed by atoms with E-state index in [2.05, 4.69) is 25.8 Å². The lowest BCUT2D eigenvalue weighted by Gasteiger charge is -2.26. The predicted molar refractivity (Wildman–Crippen MR) is 147 cm³/mol. The standard InChI is InChI=1S/C29H31N5O3/c1-20-18-23-25(21-8-4-2-5-9-21)27(28(35)30-12-13-34-14-16-37-17-15-34)33-26(23)24(19-20)32-29(36)31-22-10-6-3-7-11-22/h2-11,18-19,33H,12-17H2,1H3,(H,30,35)(H2,31,32,36). The minimum atomic E-state index is -0.356. The van der Waals surface area contributed by atoms with Crippen molar-refractivity contribution in [2.24, 2.45) is 0 Å². The maximum absolute atomic E-state index is 13.4. The van der Waals surface area contributed by atoms with Gasteiger partial charge in [-0.05, 0) is 42.3 Å². The third kappa shape index (κ3) is 5.82. The molecular weight excluding hydrogens is 466 g/mol. The molecule has 0 aliphatic carbocycles. The molecule has 0 spiro atoms. The lowest BCUT2D eigenvalue weighted by Crippen LogP contribution is -2.41. The van der Waals surface area contributed by atoms with Crippen LogP contribution in [0.25, 0.3) is 22.0 Å². The number of rotatable bonds is 7. The van der Waals surface area contributed by atoms with Crippen LogP contribution >= 0.6 is 0 Å². The number of amides is 3. The molecule has 8 heteroatoms. The molecule has 190 valence electrons. The van der Waals surface area contributed by atoms with Crippen LogP contribution in [0, 0.1) is 6.92 Å². The number of aryl methyl sites for hydroxylation is 1. The first-order valence-corrected chi connectivity index (χ1v) is 12.5. The summed E-state index contributed by atoms with van der Waals surface area (Å²) in [4.78, 5) is 31.8. The second-order valence-corrected chi connectivity index (χ2v) is 9.13. The number of carbonyl (C=O) groups excluding carboxylic acids is 2. The Morgan fingerprint density at radius 3 is 2.38 bits per heavy atom. The molecule has 3 aromatic carbocycles. The van der Waals surface area contributed by atoms with Crippen LogP contribution in [0.15, 0.2) is 72.8 Å². The van der Waals surface area contributed by atoms with E-state index in [1.165, 1.54) is 0 Å². The Hall–Kier alpha value is -4.14. The summed E-state index contributed by atoms with van der Waals surface area (Å²) in [6, 6.07) is 22.7. The Morgan fingerprint density at radius 2 is 1.65 bits per heavy atom. The van der Waals surface area contributed by atoms with Crippen LogP contribution in [0.3, 0.4) is 0 Å². The monoisotopic (exact) mass is 497 g/mol. The first kappa shape index (κ1) is 24.5. The molecule has 1 aromatic heterocycles. The smallest absolute Gasteiger partial charge is 0.323 e. The van der Waals surface area contributed by atoms with Crippen LogP contribution in [-0.4, -0.2) is 61.2 Å². The number of morpholine rings is 1. The number of aromatic nitrogens is 1. The SMILES string of the molecule is Cc1cc(NC(=O)Nc2ccccc2)c2[nH]c(C(=O)NCCN3CCOCC3)c(-c3ccccc3)c2c1. The number of nitrogens with one attached hydrogen (secondary N) is 4. The molecule has 0 saturated carbocycles. The average molecular weight is 498 g/mol. The molecule has 0 unspecified atom stereocenters. The first-order chi connectivity index (χ1) is 18.1. The summed E-state index contributed by atoms with van der Waals surface area (Å²) in [5.41, 5.74) is 5.19. The van der Waals surface area contributed by atoms with Gasteiger partial charge in [0.15, 0.2) is 0 Å². The molecule has 3 amide bonds. The van der Waals surface area contributed by atoms with Gasteiger partial charge in [-0.25, -0.2) is 4.79 Å². The van der Waals surface area contributed by atoms with Gasteiger partial charge in [0.25, 0.3) is 5.91 Å². The number of benzene rings is 3. The van der Waals surface area contributed by atoms with Gasteiger partial charge in [0.2, 0.25) is 0 Å². The topological polar surface area (TPSA) is 98.5 Å². The number of fused-ring (bicyclic) bond motifs is 1. The minimum Gasteiger partial charge on any atom is -0.379 e. The predicted octanol–water partition coefficient (Wildman–Crippen LogP) is 4.85. The third-order valence-electron chi connectivity index (χ3n) is 6.44. The minimum absolute atomic E-state index is 0.180. The van der Waals surface area contributed by atoms with E-state index >= 15 is 0 Å². The van der Waals surface area contributed by atoms with Crippen molar-refractivity contribution in [3.8, 4) is 11.1 Å². The van der Waals surface area contributed by atoms with Gasteiger partial charge in [0.1, 0.15) is 5.69 Å². The summed E-state index contributed by atoms with van der Waals surface area (Å²) in [5.74, 6) is -0.180. The zero-order valence-electron chi connectivity index (χ0n) is 20.8. The molecule has 2 heterocycles. The summed E-state index contributed by atoms with van der Waals surface area (Å²) in [5, 5.41) is 9.76. The van der Waals surface area contributed by atoms with Crippen molar-refractivity contribution >= 4 is 34.2 Å². The summed E-state index contributed by atoms with van der Waals surface area (Å²) in [7, 11) is 0. The van der Waals surface area contributed by atoms with E-state index in [1.807, 2.05) is 79.7 Å². The fourth-order valence-electron chi connectivity index (χ4n) is 4.66. The van der Waals surface area contributed by atoms with Gasteiger partial charge in [0.05, 0.1) is 24.4 Å². The van der Waals surface area contributed by atoms with E-state index in [-0.39, 0.29) is 11.9 Å². The molecule has 1 aliphatic heterocycles. The lowest BCUT2D eigenvalue weighted by atomic mass is 10.00. The number of H-pyrrole nitrogens is 1. The second kappa shape index (κ2) is 11.3. The molecule has 4 aromatic rings. The fraction of sp³-hybridized carbons (Fsp3) is 0.241. The van der Waals surface area contributed by atoms with E-state index in [4.69, 9.17) is 4.74 Å². The van der Waals surface area contributed by atoms with Gasteiger partial charge in [-0.3, -0.25) is 9.69 Å². The van der Waals surface area contributed by atoms with E-state index in [1.54, 1.807) is 0 Å².